The van der Waals surface area contributed by atoms with Crippen molar-refractivity contribution in [3.05, 3.63) is 178 Å². The van der Waals surface area contributed by atoms with Crippen molar-refractivity contribution in [2.24, 2.45) is 0 Å². The van der Waals surface area contributed by atoms with Gasteiger partial charge < -0.3 is 9.97 Å². The van der Waals surface area contributed by atoms with Gasteiger partial charge in [-0.25, -0.2) is 9.97 Å². The molecule has 4 nitrogen and oxygen atoms in total. The minimum Gasteiger partial charge on any atom is -0.354 e. The van der Waals surface area contributed by atoms with Gasteiger partial charge in [-0.15, -0.1) is 6.58 Å². The van der Waals surface area contributed by atoms with E-state index in [-0.39, 0.29) is 0 Å². The van der Waals surface area contributed by atoms with Gasteiger partial charge in [0.25, 0.3) is 0 Å². The number of benzene rings is 4. The van der Waals surface area contributed by atoms with Crippen molar-refractivity contribution < 1.29 is 0 Å². The Hall–Kier alpha value is -6.78. The summed E-state index contributed by atoms with van der Waals surface area (Å²) in [7, 11) is 0. The monoisotopic (exact) mass is 724 g/mol. The molecule has 4 aromatic carbocycles. The Kier molecular flexibility index (Phi) is 8.82. The number of hydrogen-bond acceptors (Lipinski definition) is 2. The Balaban J connectivity index is 1.47. The Morgan fingerprint density at radius 2 is 0.804 bits per heavy atom. The van der Waals surface area contributed by atoms with Crippen LogP contribution in [0.4, 0.5) is 0 Å². The number of allylic oxidation sites excluding steroid dienone is 1. The molecular weight excluding hydrogens is 681 g/mol. The van der Waals surface area contributed by atoms with E-state index in [2.05, 4.69) is 185 Å². The number of hydrogen-bond donors (Lipinski definition) is 2. The molecule has 0 saturated heterocycles. The molecule has 8 bridgehead atoms. The average molecular weight is 725 g/mol. The molecule has 4 heteroatoms. The standard InChI is InChI=1S/C52H44N4/c1-7-8-36-13-19-39(20-14-36)51-42-23-21-40(53-42)49(37-15-9-31(2)10-16-37)44-25-27-46(55-44)52(48-34(5)29-33(4)30-35(48)6)47-28-26-45(56-47)50(41-22-24-43(51)54-41)38-17-11-32(3)12-18-38/h7,9-30,53-54H,1,8H2,2-6H3. The summed E-state index contributed by atoms with van der Waals surface area (Å²) in [6.45, 7) is 14.8. The highest BCUT2D eigenvalue weighted by Crippen LogP contribution is 2.40. The maximum Gasteiger partial charge on any atom is 0.0738 e. The quantitative estimate of drug-likeness (QED) is 0.168. The fraction of sp³-hybridized carbons (Fsp3) is 0.115. The number of aromatic nitrogens is 4. The molecule has 2 aliphatic heterocycles. The van der Waals surface area contributed by atoms with Gasteiger partial charge in [-0.3, -0.25) is 0 Å². The average Bonchev–Trinajstić information content (AvgIpc) is 4.02. The van der Waals surface area contributed by atoms with Crippen molar-refractivity contribution in [3.8, 4) is 44.5 Å². The third-order valence-electron chi connectivity index (χ3n) is 11.0. The van der Waals surface area contributed by atoms with Crippen LogP contribution in [0.15, 0.2) is 122 Å². The lowest BCUT2D eigenvalue weighted by Crippen LogP contribution is -1.96. The molecule has 2 aliphatic rings. The van der Waals surface area contributed by atoms with Gasteiger partial charge in [-0.05, 0) is 129 Å². The van der Waals surface area contributed by atoms with Gasteiger partial charge in [0.2, 0.25) is 0 Å². The summed E-state index contributed by atoms with van der Waals surface area (Å²) in [4.78, 5) is 18.8. The number of nitrogens with zero attached hydrogens (tertiary/aromatic N) is 2. The summed E-state index contributed by atoms with van der Waals surface area (Å²) in [5, 5.41) is 0. The molecule has 0 aliphatic carbocycles. The number of fused-ring (bicyclic) bond motifs is 8. The molecule has 0 atom stereocenters. The molecule has 0 fully saturated rings. The maximum atomic E-state index is 5.49. The van der Waals surface area contributed by atoms with Crippen LogP contribution in [-0.2, 0) is 6.42 Å². The second kappa shape index (κ2) is 14.1. The van der Waals surface area contributed by atoms with Crippen molar-refractivity contribution >= 4 is 46.4 Å². The second-order valence-corrected chi connectivity index (χ2v) is 15.2. The maximum absolute atomic E-state index is 5.49. The molecule has 5 heterocycles. The van der Waals surface area contributed by atoms with Gasteiger partial charge in [0.05, 0.1) is 22.8 Å². The topological polar surface area (TPSA) is 57.4 Å². The molecule has 272 valence electrons. The molecule has 56 heavy (non-hydrogen) atoms. The summed E-state index contributed by atoms with van der Waals surface area (Å²) in [5.74, 6) is 0. The summed E-state index contributed by atoms with van der Waals surface area (Å²) in [6.07, 6.45) is 11.4. The lowest BCUT2D eigenvalue weighted by molar-refractivity contribution is 1.25. The van der Waals surface area contributed by atoms with Crippen molar-refractivity contribution in [2.45, 2.75) is 41.0 Å². The summed E-state index contributed by atoms with van der Waals surface area (Å²) >= 11 is 0. The Morgan fingerprint density at radius 3 is 1.23 bits per heavy atom. The molecule has 0 unspecified atom stereocenters. The van der Waals surface area contributed by atoms with Gasteiger partial charge in [0, 0.05) is 44.3 Å². The van der Waals surface area contributed by atoms with Crippen LogP contribution in [-0.4, -0.2) is 19.9 Å². The molecule has 2 N–H and O–H groups in total. The fourth-order valence-corrected chi connectivity index (χ4v) is 8.37. The van der Waals surface area contributed by atoms with Crippen LogP contribution in [0.1, 0.15) is 56.2 Å². The van der Waals surface area contributed by atoms with Gasteiger partial charge in [0.15, 0.2) is 0 Å². The first-order chi connectivity index (χ1) is 27.2. The minimum atomic E-state index is 0.824. The minimum absolute atomic E-state index is 0.824. The third-order valence-corrected chi connectivity index (χ3v) is 11.0. The zero-order valence-electron chi connectivity index (χ0n) is 32.6. The SMILES string of the molecule is C=CCc1ccc(-c2c3ccc([nH]3)c(-c3ccc(C)cc3)c3nc(c(-c4c(C)cc(C)cc4C)c4nc(c(-c5ccc(C)cc5)c5ccc2[nH]5)C=C4)C=C3)cc1. The van der Waals surface area contributed by atoms with E-state index in [0.717, 1.165) is 90.2 Å². The molecular formula is C52H44N4. The first kappa shape index (κ1) is 35.0. The zero-order chi connectivity index (χ0) is 38.5. The molecule has 0 radical (unpaired) electrons. The van der Waals surface area contributed by atoms with E-state index in [1.54, 1.807) is 0 Å². The van der Waals surface area contributed by atoms with Gasteiger partial charge in [-0.2, -0.15) is 0 Å². The first-order valence-electron chi connectivity index (χ1n) is 19.3. The molecule has 0 amide bonds. The van der Waals surface area contributed by atoms with E-state index in [9.17, 15) is 0 Å². The summed E-state index contributed by atoms with van der Waals surface area (Å²) in [5.41, 5.74) is 23.6. The largest absolute Gasteiger partial charge is 0.354 e. The number of H-pyrrole nitrogens is 2. The van der Waals surface area contributed by atoms with Crippen LogP contribution in [0, 0.1) is 34.6 Å². The third kappa shape index (κ3) is 6.33. The number of aromatic amines is 2. The highest BCUT2D eigenvalue weighted by atomic mass is 14.8. The first-order valence-corrected chi connectivity index (χ1v) is 19.3. The van der Waals surface area contributed by atoms with E-state index in [0.29, 0.717) is 0 Å². The summed E-state index contributed by atoms with van der Waals surface area (Å²) in [6, 6.07) is 39.6. The van der Waals surface area contributed by atoms with Crippen molar-refractivity contribution in [2.75, 3.05) is 0 Å². The Bertz CT molecular complexity index is 2750. The predicted molar refractivity (Wildman–Crippen MR) is 238 cm³/mol. The van der Waals surface area contributed by atoms with E-state index < -0.39 is 0 Å². The van der Waals surface area contributed by atoms with E-state index in [1.165, 1.54) is 38.9 Å². The number of nitrogens with one attached hydrogen (secondary N) is 2. The highest BCUT2D eigenvalue weighted by molar-refractivity contribution is 6.00. The molecule has 0 saturated carbocycles. The summed E-state index contributed by atoms with van der Waals surface area (Å²) < 4.78 is 0. The van der Waals surface area contributed by atoms with Crippen LogP contribution >= 0.6 is 0 Å². The number of rotatable bonds is 6. The van der Waals surface area contributed by atoms with Gasteiger partial charge in [-0.1, -0.05) is 108 Å². The molecule has 0 spiro atoms. The van der Waals surface area contributed by atoms with Crippen LogP contribution in [0.2, 0.25) is 0 Å². The highest BCUT2D eigenvalue weighted by Gasteiger charge is 2.21. The fourth-order valence-electron chi connectivity index (χ4n) is 8.37. The molecule has 3 aromatic heterocycles. The zero-order valence-corrected chi connectivity index (χ0v) is 32.6. The van der Waals surface area contributed by atoms with Crippen LogP contribution in [0.3, 0.4) is 0 Å². The normalized spacial score (nSPS) is 12.0. The number of aryl methyl sites for hydroxylation is 5. The second-order valence-electron chi connectivity index (χ2n) is 15.2. The lowest BCUT2D eigenvalue weighted by Gasteiger charge is -2.13. The van der Waals surface area contributed by atoms with Gasteiger partial charge in [0.1, 0.15) is 0 Å². The van der Waals surface area contributed by atoms with Crippen molar-refractivity contribution in [1.82, 2.24) is 19.9 Å². The van der Waals surface area contributed by atoms with Crippen LogP contribution in [0.5, 0.6) is 0 Å². The van der Waals surface area contributed by atoms with E-state index in [4.69, 9.17) is 9.97 Å². The van der Waals surface area contributed by atoms with E-state index >= 15 is 0 Å². The Morgan fingerprint density at radius 1 is 0.429 bits per heavy atom. The molecule has 9 rings (SSSR count). The lowest BCUT2D eigenvalue weighted by atomic mass is 9.92. The Labute approximate surface area is 328 Å². The molecule has 7 aromatic rings. The van der Waals surface area contributed by atoms with Crippen LogP contribution in [0.25, 0.3) is 90.9 Å². The van der Waals surface area contributed by atoms with E-state index in [1.807, 2.05) is 6.08 Å². The predicted octanol–water partition coefficient (Wildman–Crippen LogP) is 13.6. The van der Waals surface area contributed by atoms with Crippen molar-refractivity contribution in [3.63, 3.8) is 0 Å². The smallest absolute Gasteiger partial charge is 0.0738 e. The van der Waals surface area contributed by atoms with Crippen molar-refractivity contribution in [1.29, 1.82) is 0 Å². The van der Waals surface area contributed by atoms with Crippen LogP contribution < -0.4 is 0 Å². The van der Waals surface area contributed by atoms with Gasteiger partial charge >= 0.3 is 0 Å².